The molecule has 94 valence electrons. The second kappa shape index (κ2) is 5.17. The number of rotatable bonds is 4. The summed E-state index contributed by atoms with van der Waals surface area (Å²) in [6, 6.07) is 1.71. The van der Waals surface area contributed by atoms with Crippen LogP contribution >= 0.6 is 0 Å². The summed E-state index contributed by atoms with van der Waals surface area (Å²) in [5.74, 6) is -0.116. The standard InChI is InChI=1S/C11H11N3O4/c1-16-10-8(5-12-11(14-10)17-2)13-9(15)7-3-4-18-6-7/h3-6H,1-2H3,(H,13,15). The average molecular weight is 249 g/mol. The second-order valence-corrected chi connectivity index (χ2v) is 3.25. The molecule has 1 N–H and O–H groups in total. The van der Waals surface area contributed by atoms with Crippen molar-refractivity contribution in [2.75, 3.05) is 19.5 Å². The zero-order valence-corrected chi connectivity index (χ0v) is 9.84. The minimum atomic E-state index is -0.337. The van der Waals surface area contributed by atoms with Crippen LogP contribution in [0.1, 0.15) is 10.4 Å². The average Bonchev–Trinajstić information content (AvgIpc) is 2.93. The van der Waals surface area contributed by atoms with Crippen LogP contribution in [0, 0.1) is 0 Å². The molecule has 0 atom stereocenters. The molecule has 0 aliphatic rings. The molecule has 0 spiro atoms. The number of carbonyl (C=O) groups excluding carboxylic acids is 1. The molecular formula is C11H11N3O4. The molecule has 18 heavy (non-hydrogen) atoms. The lowest BCUT2D eigenvalue weighted by atomic mass is 10.3. The Bertz CT molecular complexity index is 539. The Morgan fingerprint density at radius 2 is 2.22 bits per heavy atom. The third kappa shape index (κ3) is 2.40. The molecular weight excluding hydrogens is 238 g/mol. The lowest BCUT2D eigenvalue weighted by Gasteiger charge is -2.08. The fourth-order valence-corrected chi connectivity index (χ4v) is 1.28. The van der Waals surface area contributed by atoms with Gasteiger partial charge in [0, 0.05) is 0 Å². The number of nitrogens with one attached hydrogen (secondary N) is 1. The van der Waals surface area contributed by atoms with Gasteiger partial charge in [-0.25, -0.2) is 4.98 Å². The van der Waals surface area contributed by atoms with Crippen molar-refractivity contribution in [3.8, 4) is 11.9 Å². The number of aromatic nitrogens is 2. The molecule has 0 unspecified atom stereocenters. The molecule has 1 amide bonds. The van der Waals surface area contributed by atoms with Gasteiger partial charge >= 0.3 is 6.01 Å². The van der Waals surface area contributed by atoms with Crippen LogP contribution in [-0.2, 0) is 0 Å². The molecule has 0 bridgehead atoms. The Hall–Kier alpha value is -2.57. The van der Waals surface area contributed by atoms with Gasteiger partial charge in [0.15, 0.2) is 0 Å². The van der Waals surface area contributed by atoms with Gasteiger partial charge in [0.2, 0.25) is 5.88 Å². The molecule has 0 aromatic carbocycles. The summed E-state index contributed by atoms with van der Waals surface area (Å²) in [5.41, 5.74) is 0.748. The molecule has 2 rings (SSSR count). The van der Waals surface area contributed by atoms with Gasteiger partial charge in [0.1, 0.15) is 12.0 Å². The van der Waals surface area contributed by atoms with Gasteiger partial charge in [-0.05, 0) is 6.07 Å². The highest BCUT2D eigenvalue weighted by Gasteiger charge is 2.13. The Morgan fingerprint density at radius 1 is 1.39 bits per heavy atom. The van der Waals surface area contributed by atoms with Crippen LogP contribution in [0.25, 0.3) is 0 Å². The summed E-state index contributed by atoms with van der Waals surface area (Å²) in [6.45, 7) is 0. The van der Waals surface area contributed by atoms with Gasteiger partial charge in [-0.1, -0.05) is 0 Å². The number of anilines is 1. The lowest BCUT2D eigenvalue weighted by Crippen LogP contribution is -2.12. The summed E-state index contributed by atoms with van der Waals surface area (Å²) in [7, 11) is 2.88. The van der Waals surface area contributed by atoms with Crippen molar-refractivity contribution >= 4 is 11.6 Å². The second-order valence-electron chi connectivity index (χ2n) is 3.25. The van der Waals surface area contributed by atoms with Crippen molar-refractivity contribution in [2.45, 2.75) is 0 Å². The third-order valence-electron chi connectivity index (χ3n) is 2.14. The van der Waals surface area contributed by atoms with E-state index < -0.39 is 0 Å². The van der Waals surface area contributed by atoms with Gasteiger partial charge < -0.3 is 19.2 Å². The van der Waals surface area contributed by atoms with Crippen molar-refractivity contribution in [1.82, 2.24) is 9.97 Å². The van der Waals surface area contributed by atoms with E-state index in [0.29, 0.717) is 11.3 Å². The first kappa shape index (κ1) is 11.9. The molecule has 2 aromatic heterocycles. The highest BCUT2D eigenvalue weighted by molar-refractivity contribution is 6.04. The van der Waals surface area contributed by atoms with E-state index in [2.05, 4.69) is 15.3 Å². The lowest BCUT2D eigenvalue weighted by molar-refractivity contribution is 0.102. The summed E-state index contributed by atoms with van der Waals surface area (Å²) in [4.78, 5) is 19.6. The maximum atomic E-state index is 11.8. The third-order valence-corrected chi connectivity index (χ3v) is 2.14. The van der Waals surface area contributed by atoms with Crippen LogP contribution in [0.15, 0.2) is 29.2 Å². The van der Waals surface area contributed by atoms with Crippen LogP contribution in [0.5, 0.6) is 11.9 Å². The van der Waals surface area contributed by atoms with Crippen molar-refractivity contribution in [1.29, 1.82) is 0 Å². The highest BCUT2D eigenvalue weighted by Crippen LogP contribution is 2.23. The van der Waals surface area contributed by atoms with Crippen molar-refractivity contribution < 1.29 is 18.7 Å². The summed E-state index contributed by atoms with van der Waals surface area (Å²) in [6.07, 6.45) is 4.16. The number of furan rings is 1. The fraction of sp³-hybridized carbons (Fsp3) is 0.182. The molecule has 0 saturated carbocycles. The topological polar surface area (TPSA) is 86.5 Å². The van der Waals surface area contributed by atoms with E-state index >= 15 is 0 Å². The maximum Gasteiger partial charge on any atom is 0.319 e. The van der Waals surface area contributed by atoms with E-state index in [1.807, 2.05) is 0 Å². The predicted octanol–water partition coefficient (Wildman–Crippen LogP) is 1.34. The normalized spacial score (nSPS) is 9.89. The number of amides is 1. The Balaban J connectivity index is 2.21. The minimum Gasteiger partial charge on any atom is -0.479 e. The largest absolute Gasteiger partial charge is 0.479 e. The van der Waals surface area contributed by atoms with Gasteiger partial charge in [0.05, 0.1) is 32.2 Å². The van der Waals surface area contributed by atoms with E-state index in [4.69, 9.17) is 13.9 Å². The molecule has 2 heterocycles. The van der Waals surface area contributed by atoms with E-state index in [1.54, 1.807) is 6.07 Å². The molecule has 0 saturated heterocycles. The van der Waals surface area contributed by atoms with Crippen molar-refractivity contribution in [3.05, 3.63) is 30.4 Å². The van der Waals surface area contributed by atoms with Crippen LogP contribution < -0.4 is 14.8 Å². The quantitative estimate of drug-likeness (QED) is 0.879. The first-order valence-corrected chi connectivity index (χ1v) is 5.03. The van der Waals surface area contributed by atoms with Crippen LogP contribution in [0.2, 0.25) is 0 Å². The Kier molecular flexibility index (Phi) is 3.42. The summed E-state index contributed by atoms with van der Waals surface area (Å²) >= 11 is 0. The molecule has 7 heteroatoms. The molecule has 0 aliphatic heterocycles. The molecule has 0 fully saturated rings. The van der Waals surface area contributed by atoms with Crippen LogP contribution in [0.4, 0.5) is 5.69 Å². The number of nitrogens with zero attached hydrogens (tertiary/aromatic N) is 2. The fourth-order valence-electron chi connectivity index (χ4n) is 1.28. The smallest absolute Gasteiger partial charge is 0.319 e. The van der Waals surface area contributed by atoms with E-state index in [-0.39, 0.29) is 17.8 Å². The number of methoxy groups -OCH3 is 2. The van der Waals surface area contributed by atoms with E-state index in [9.17, 15) is 4.79 Å². The monoisotopic (exact) mass is 249 g/mol. The van der Waals surface area contributed by atoms with Gasteiger partial charge in [-0.15, -0.1) is 0 Å². The SMILES string of the molecule is COc1ncc(NC(=O)c2ccoc2)c(OC)n1. The molecule has 0 radical (unpaired) electrons. The first-order valence-electron chi connectivity index (χ1n) is 5.03. The molecule has 2 aromatic rings. The van der Waals surface area contributed by atoms with E-state index in [1.165, 1.54) is 32.9 Å². The number of hydrogen-bond acceptors (Lipinski definition) is 6. The summed E-state index contributed by atoms with van der Waals surface area (Å²) < 4.78 is 14.7. The van der Waals surface area contributed by atoms with Gasteiger partial charge in [-0.2, -0.15) is 4.98 Å². The van der Waals surface area contributed by atoms with Gasteiger partial charge in [0.25, 0.3) is 5.91 Å². The predicted molar refractivity (Wildman–Crippen MR) is 61.8 cm³/mol. The number of hydrogen-bond donors (Lipinski definition) is 1. The highest BCUT2D eigenvalue weighted by atomic mass is 16.5. The van der Waals surface area contributed by atoms with Gasteiger partial charge in [-0.3, -0.25) is 4.79 Å². The molecule has 0 aliphatic carbocycles. The Labute approximate surface area is 103 Å². The van der Waals surface area contributed by atoms with Crippen LogP contribution in [0.3, 0.4) is 0 Å². The number of ether oxygens (including phenoxy) is 2. The Morgan fingerprint density at radius 3 is 2.83 bits per heavy atom. The maximum absolute atomic E-state index is 11.8. The first-order chi connectivity index (χ1) is 8.74. The van der Waals surface area contributed by atoms with Crippen LogP contribution in [-0.4, -0.2) is 30.1 Å². The summed E-state index contributed by atoms with van der Waals surface area (Å²) in [5, 5.41) is 2.61. The number of carbonyl (C=O) groups is 1. The minimum absolute atomic E-state index is 0.160. The zero-order valence-electron chi connectivity index (χ0n) is 9.84. The van der Waals surface area contributed by atoms with Crippen molar-refractivity contribution in [3.63, 3.8) is 0 Å². The van der Waals surface area contributed by atoms with E-state index in [0.717, 1.165) is 0 Å². The zero-order chi connectivity index (χ0) is 13.0. The molecule has 7 nitrogen and oxygen atoms in total. The van der Waals surface area contributed by atoms with Crippen molar-refractivity contribution in [2.24, 2.45) is 0 Å².